The summed E-state index contributed by atoms with van der Waals surface area (Å²) in [6, 6.07) is 6.26. The van der Waals surface area contributed by atoms with Gasteiger partial charge in [0, 0.05) is 16.7 Å². The summed E-state index contributed by atoms with van der Waals surface area (Å²) < 4.78 is 0.989. The Balaban J connectivity index is 1.96. The lowest BCUT2D eigenvalue weighted by Gasteiger charge is -2.30. The maximum atomic E-state index is 5.88. The molecule has 1 fully saturated rings. The number of likely N-dealkylation sites (tertiary alicyclic amines) is 1. The van der Waals surface area contributed by atoms with Gasteiger partial charge in [-0.1, -0.05) is 13.0 Å². The first-order valence-electron chi connectivity index (χ1n) is 5.91. The average Bonchev–Trinajstić information content (AvgIpc) is 2.27. The van der Waals surface area contributed by atoms with E-state index in [1.807, 2.05) is 6.07 Å². The summed E-state index contributed by atoms with van der Waals surface area (Å²) >= 11 is 3.42. The molecule has 0 unspecified atom stereocenters. The van der Waals surface area contributed by atoms with Crippen LogP contribution in [0.2, 0.25) is 0 Å². The van der Waals surface area contributed by atoms with Gasteiger partial charge in [0.05, 0.1) is 0 Å². The number of rotatable bonds is 2. The Hall–Kier alpha value is -0.540. The highest BCUT2D eigenvalue weighted by atomic mass is 79.9. The van der Waals surface area contributed by atoms with Crippen molar-refractivity contribution in [1.82, 2.24) is 4.90 Å². The van der Waals surface area contributed by atoms with Gasteiger partial charge in [-0.05, 0) is 65.5 Å². The highest BCUT2D eigenvalue weighted by Gasteiger charge is 2.15. The molecule has 0 aliphatic carbocycles. The van der Waals surface area contributed by atoms with Crippen LogP contribution in [0.4, 0.5) is 5.69 Å². The number of halogens is 1. The Morgan fingerprint density at radius 2 is 2.06 bits per heavy atom. The third-order valence-corrected chi connectivity index (χ3v) is 4.07. The van der Waals surface area contributed by atoms with E-state index in [1.54, 1.807) is 0 Å². The normalized spacial score (nSPS) is 18.9. The van der Waals surface area contributed by atoms with E-state index >= 15 is 0 Å². The maximum Gasteiger partial charge on any atom is 0.0461 e. The van der Waals surface area contributed by atoms with Crippen LogP contribution in [0.15, 0.2) is 22.7 Å². The van der Waals surface area contributed by atoms with Gasteiger partial charge in [-0.25, -0.2) is 0 Å². The fraction of sp³-hybridized carbons (Fsp3) is 0.538. The summed E-state index contributed by atoms with van der Waals surface area (Å²) in [5, 5.41) is 0. The van der Waals surface area contributed by atoms with Crippen LogP contribution in [0.3, 0.4) is 0 Å². The Bertz CT molecular complexity index is 357. The van der Waals surface area contributed by atoms with E-state index in [-0.39, 0.29) is 0 Å². The van der Waals surface area contributed by atoms with E-state index in [0.29, 0.717) is 0 Å². The summed E-state index contributed by atoms with van der Waals surface area (Å²) in [5.74, 6) is 0.895. The van der Waals surface area contributed by atoms with Crippen LogP contribution in [0.25, 0.3) is 0 Å². The zero-order chi connectivity index (χ0) is 11.5. The second-order valence-corrected chi connectivity index (χ2v) is 5.67. The molecule has 3 heteroatoms. The number of hydrogen-bond acceptors (Lipinski definition) is 2. The van der Waals surface area contributed by atoms with Gasteiger partial charge in [0.25, 0.3) is 0 Å². The summed E-state index contributed by atoms with van der Waals surface area (Å²) in [6.07, 6.45) is 2.65. The fourth-order valence-electron chi connectivity index (χ4n) is 2.17. The Morgan fingerprint density at radius 3 is 2.69 bits per heavy atom. The summed E-state index contributed by atoms with van der Waals surface area (Å²) in [5.41, 5.74) is 8.03. The molecule has 1 aliphatic heterocycles. The first kappa shape index (κ1) is 11.9. The van der Waals surface area contributed by atoms with Gasteiger partial charge in [-0.2, -0.15) is 0 Å². The highest BCUT2D eigenvalue weighted by molar-refractivity contribution is 9.10. The molecule has 0 amide bonds. The van der Waals surface area contributed by atoms with Crippen LogP contribution in [-0.2, 0) is 6.54 Å². The second-order valence-electron chi connectivity index (χ2n) is 4.81. The third-order valence-electron chi connectivity index (χ3n) is 3.34. The molecule has 1 heterocycles. The quantitative estimate of drug-likeness (QED) is 0.844. The molecule has 1 saturated heterocycles. The smallest absolute Gasteiger partial charge is 0.0461 e. The lowest BCUT2D eigenvalue weighted by atomic mass is 9.99. The van der Waals surface area contributed by atoms with E-state index in [4.69, 9.17) is 5.73 Å². The molecular formula is C13H19BrN2. The van der Waals surface area contributed by atoms with Crippen LogP contribution in [0.5, 0.6) is 0 Å². The van der Waals surface area contributed by atoms with Gasteiger partial charge in [-0.3, -0.25) is 4.90 Å². The highest BCUT2D eigenvalue weighted by Crippen LogP contribution is 2.23. The van der Waals surface area contributed by atoms with Crippen molar-refractivity contribution in [3.05, 3.63) is 28.2 Å². The predicted molar refractivity (Wildman–Crippen MR) is 72.2 cm³/mol. The van der Waals surface area contributed by atoms with Crippen LogP contribution in [0, 0.1) is 5.92 Å². The molecule has 0 bridgehead atoms. The van der Waals surface area contributed by atoms with E-state index in [0.717, 1.165) is 22.6 Å². The van der Waals surface area contributed by atoms with Crippen LogP contribution < -0.4 is 5.73 Å². The van der Waals surface area contributed by atoms with Crippen molar-refractivity contribution in [2.24, 2.45) is 5.92 Å². The average molecular weight is 283 g/mol. The first-order chi connectivity index (χ1) is 7.65. The molecule has 2 nitrogen and oxygen atoms in total. The first-order valence-corrected chi connectivity index (χ1v) is 6.70. The number of benzene rings is 1. The van der Waals surface area contributed by atoms with Gasteiger partial charge >= 0.3 is 0 Å². The Labute approximate surface area is 106 Å². The summed E-state index contributed by atoms with van der Waals surface area (Å²) in [6.45, 7) is 5.81. The molecule has 0 radical (unpaired) electrons. The number of anilines is 1. The molecule has 1 aliphatic rings. The van der Waals surface area contributed by atoms with Crippen molar-refractivity contribution in [3.8, 4) is 0 Å². The van der Waals surface area contributed by atoms with Gasteiger partial charge in [0.1, 0.15) is 0 Å². The zero-order valence-corrected chi connectivity index (χ0v) is 11.3. The molecule has 1 aromatic rings. The van der Waals surface area contributed by atoms with E-state index < -0.39 is 0 Å². The minimum absolute atomic E-state index is 0.836. The molecule has 88 valence electrons. The number of hydrogen-bond donors (Lipinski definition) is 1. The standard InChI is InChI=1S/C13H19BrN2/c1-10-4-6-16(7-5-10)9-11-2-3-12(14)13(15)8-11/h2-3,8,10H,4-7,9,15H2,1H3. The summed E-state index contributed by atoms with van der Waals surface area (Å²) in [4.78, 5) is 2.52. The topological polar surface area (TPSA) is 29.3 Å². The largest absolute Gasteiger partial charge is 0.398 e. The van der Waals surface area contributed by atoms with Gasteiger partial charge in [-0.15, -0.1) is 0 Å². The molecule has 2 rings (SSSR count). The lowest BCUT2D eigenvalue weighted by Crippen LogP contribution is -2.32. The molecule has 2 N–H and O–H groups in total. The molecule has 0 spiro atoms. The minimum Gasteiger partial charge on any atom is -0.398 e. The molecule has 1 aromatic carbocycles. The maximum absolute atomic E-state index is 5.88. The number of piperidine rings is 1. The number of nitrogens with two attached hydrogens (primary N) is 1. The molecule has 0 saturated carbocycles. The van der Waals surface area contributed by atoms with Crippen LogP contribution in [-0.4, -0.2) is 18.0 Å². The minimum atomic E-state index is 0.836. The van der Waals surface area contributed by atoms with Crippen LogP contribution in [0.1, 0.15) is 25.3 Å². The van der Waals surface area contributed by atoms with Crippen molar-refractivity contribution in [2.45, 2.75) is 26.3 Å². The number of nitrogens with zero attached hydrogens (tertiary/aromatic N) is 1. The Kier molecular flexibility index (Phi) is 3.87. The molecule has 0 aromatic heterocycles. The second kappa shape index (κ2) is 5.19. The van der Waals surface area contributed by atoms with Crippen molar-refractivity contribution >= 4 is 21.6 Å². The SMILES string of the molecule is CC1CCN(Cc2ccc(Br)c(N)c2)CC1. The monoisotopic (exact) mass is 282 g/mol. The third kappa shape index (κ3) is 2.98. The van der Waals surface area contributed by atoms with Gasteiger partial charge in [0.15, 0.2) is 0 Å². The van der Waals surface area contributed by atoms with Gasteiger partial charge < -0.3 is 5.73 Å². The molecule has 0 atom stereocenters. The Morgan fingerprint density at radius 1 is 1.38 bits per heavy atom. The van der Waals surface area contributed by atoms with Gasteiger partial charge in [0.2, 0.25) is 0 Å². The lowest BCUT2D eigenvalue weighted by molar-refractivity contribution is 0.185. The van der Waals surface area contributed by atoms with Crippen molar-refractivity contribution in [2.75, 3.05) is 18.8 Å². The van der Waals surface area contributed by atoms with Crippen LogP contribution >= 0.6 is 15.9 Å². The van der Waals surface area contributed by atoms with E-state index in [1.165, 1.54) is 31.5 Å². The predicted octanol–water partition coefficient (Wildman–Crippen LogP) is 3.26. The fourth-order valence-corrected chi connectivity index (χ4v) is 2.42. The van der Waals surface area contributed by atoms with Crippen molar-refractivity contribution in [3.63, 3.8) is 0 Å². The van der Waals surface area contributed by atoms with Crippen molar-refractivity contribution < 1.29 is 0 Å². The van der Waals surface area contributed by atoms with E-state index in [9.17, 15) is 0 Å². The number of nitrogen functional groups attached to an aromatic ring is 1. The molecule has 16 heavy (non-hydrogen) atoms. The van der Waals surface area contributed by atoms with Crippen molar-refractivity contribution in [1.29, 1.82) is 0 Å². The summed E-state index contributed by atoms with van der Waals surface area (Å²) in [7, 11) is 0. The molecular weight excluding hydrogens is 264 g/mol. The van der Waals surface area contributed by atoms with E-state index in [2.05, 4.69) is 39.9 Å². The zero-order valence-electron chi connectivity index (χ0n) is 9.75.